The largest absolute Gasteiger partial charge is 0.490 e. The molecule has 4 rings (SSSR count). The van der Waals surface area contributed by atoms with Crippen LogP contribution in [0.3, 0.4) is 0 Å². The molecule has 186 valence electrons. The lowest BCUT2D eigenvalue weighted by molar-refractivity contribution is -0.133. The predicted molar refractivity (Wildman–Crippen MR) is 133 cm³/mol. The van der Waals surface area contributed by atoms with E-state index in [0.717, 1.165) is 5.56 Å². The van der Waals surface area contributed by atoms with Crippen LogP contribution in [0, 0.1) is 6.92 Å². The SMILES string of the molecule is CCNC(=O)C[C@H]1CC[C@@H]2[C@@H](COc3ccc(NC(=O)Nc4ccc(C)cc4)cc3C(=O)N2C)O1. The molecule has 35 heavy (non-hydrogen) atoms. The molecule has 3 N–H and O–H groups in total. The number of hydrogen-bond acceptors (Lipinski definition) is 5. The summed E-state index contributed by atoms with van der Waals surface area (Å²) in [5.74, 6) is 0.186. The number of aryl methyl sites for hydroxylation is 1. The maximum absolute atomic E-state index is 13.3. The molecule has 2 heterocycles. The highest BCUT2D eigenvalue weighted by Gasteiger charge is 2.39. The second kappa shape index (κ2) is 10.8. The van der Waals surface area contributed by atoms with Crippen molar-refractivity contribution >= 4 is 29.2 Å². The number of likely N-dealkylation sites (N-methyl/N-ethyl adjacent to an activating group) is 1. The van der Waals surface area contributed by atoms with Gasteiger partial charge >= 0.3 is 6.03 Å². The Bertz CT molecular complexity index is 1090. The fourth-order valence-corrected chi connectivity index (χ4v) is 4.51. The van der Waals surface area contributed by atoms with E-state index in [1.165, 1.54) is 0 Å². The third-order valence-electron chi connectivity index (χ3n) is 6.37. The van der Waals surface area contributed by atoms with Crippen LogP contribution in [0.1, 0.15) is 42.1 Å². The van der Waals surface area contributed by atoms with Crippen molar-refractivity contribution in [2.45, 2.75) is 51.4 Å². The van der Waals surface area contributed by atoms with E-state index in [9.17, 15) is 14.4 Å². The fraction of sp³-hybridized carbons (Fsp3) is 0.423. The number of rotatable bonds is 5. The first-order valence-corrected chi connectivity index (χ1v) is 11.9. The quantitative estimate of drug-likeness (QED) is 0.607. The van der Waals surface area contributed by atoms with Gasteiger partial charge < -0.3 is 30.3 Å². The van der Waals surface area contributed by atoms with Crippen molar-refractivity contribution in [1.82, 2.24) is 10.2 Å². The van der Waals surface area contributed by atoms with Gasteiger partial charge in [-0.3, -0.25) is 9.59 Å². The zero-order chi connectivity index (χ0) is 24.9. The Morgan fingerprint density at radius 1 is 1.06 bits per heavy atom. The summed E-state index contributed by atoms with van der Waals surface area (Å²) in [4.78, 5) is 39.5. The minimum atomic E-state index is -0.403. The number of amides is 4. The topological polar surface area (TPSA) is 109 Å². The van der Waals surface area contributed by atoms with E-state index in [0.29, 0.717) is 48.5 Å². The van der Waals surface area contributed by atoms with Gasteiger partial charge in [0.05, 0.1) is 24.1 Å². The van der Waals surface area contributed by atoms with E-state index >= 15 is 0 Å². The van der Waals surface area contributed by atoms with Gasteiger partial charge in [0, 0.05) is 25.0 Å². The molecule has 0 bridgehead atoms. The lowest BCUT2D eigenvalue weighted by Crippen LogP contribution is -2.54. The Balaban J connectivity index is 1.44. The normalized spacial score (nSPS) is 21.5. The molecule has 2 aliphatic heterocycles. The Morgan fingerprint density at radius 3 is 2.51 bits per heavy atom. The summed E-state index contributed by atoms with van der Waals surface area (Å²) in [6.07, 6.45) is 1.16. The summed E-state index contributed by atoms with van der Waals surface area (Å²) >= 11 is 0. The number of carbonyl (C=O) groups excluding carboxylic acids is 3. The number of fused-ring (bicyclic) bond motifs is 2. The van der Waals surface area contributed by atoms with Crippen LogP contribution in [0.4, 0.5) is 16.2 Å². The highest BCUT2D eigenvalue weighted by Crippen LogP contribution is 2.32. The lowest BCUT2D eigenvalue weighted by atomic mass is 9.94. The number of carbonyl (C=O) groups is 3. The van der Waals surface area contributed by atoms with Gasteiger partial charge in [0.15, 0.2) is 0 Å². The molecule has 4 amide bonds. The van der Waals surface area contributed by atoms with Crippen molar-refractivity contribution in [1.29, 1.82) is 0 Å². The van der Waals surface area contributed by atoms with Crippen LogP contribution in [0.15, 0.2) is 42.5 Å². The van der Waals surface area contributed by atoms with Gasteiger partial charge in [0.1, 0.15) is 18.5 Å². The molecule has 2 aliphatic rings. The molecular formula is C26H32N4O5. The number of nitrogens with one attached hydrogen (secondary N) is 3. The van der Waals surface area contributed by atoms with Crippen LogP contribution in [0.25, 0.3) is 0 Å². The van der Waals surface area contributed by atoms with Crippen LogP contribution in [-0.4, -0.2) is 61.2 Å². The lowest BCUT2D eigenvalue weighted by Gasteiger charge is -2.42. The predicted octanol–water partition coefficient (Wildman–Crippen LogP) is 3.55. The molecule has 0 unspecified atom stereocenters. The van der Waals surface area contributed by atoms with E-state index in [1.54, 1.807) is 30.1 Å². The van der Waals surface area contributed by atoms with Crippen molar-refractivity contribution in [3.63, 3.8) is 0 Å². The molecule has 3 atom stereocenters. The average molecular weight is 481 g/mol. The maximum Gasteiger partial charge on any atom is 0.323 e. The Kier molecular flexibility index (Phi) is 7.55. The van der Waals surface area contributed by atoms with E-state index in [-0.39, 0.29) is 36.7 Å². The Labute approximate surface area is 205 Å². The van der Waals surface area contributed by atoms with Gasteiger partial charge in [-0.1, -0.05) is 17.7 Å². The van der Waals surface area contributed by atoms with Crippen LogP contribution < -0.4 is 20.7 Å². The minimum absolute atomic E-state index is 0.0380. The molecule has 9 nitrogen and oxygen atoms in total. The van der Waals surface area contributed by atoms with Crippen LogP contribution in [0.2, 0.25) is 0 Å². The first-order chi connectivity index (χ1) is 16.8. The van der Waals surface area contributed by atoms with Crippen molar-refractivity contribution in [3.8, 4) is 5.75 Å². The number of nitrogens with zero attached hydrogens (tertiary/aromatic N) is 1. The Hall–Kier alpha value is -3.59. The highest BCUT2D eigenvalue weighted by atomic mass is 16.5. The third kappa shape index (κ3) is 5.92. The summed E-state index contributed by atoms with van der Waals surface area (Å²) in [6.45, 7) is 4.71. The molecule has 1 saturated heterocycles. The zero-order valence-electron chi connectivity index (χ0n) is 20.3. The van der Waals surface area contributed by atoms with E-state index in [1.807, 2.05) is 38.1 Å². The van der Waals surface area contributed by atoms with Crippen LogP contribution >= 0.6 is 0 Å². The number of ether oxygens (including phenoxy) is 2. The molecule has 9 heteroatoms. The van der Waals surface area contributed by atoms with Gasteiger partial charge in [-0.05, 0) is 57.0 Å². The molecule has 2 aromatic carbocycles. The summed E-state index contributed by atoms with van der Waals surface area (Å²) in [5.41, 5.74) is 2.64. The molecule has 0 saturated carbocycles. The first-order valence-electron chi connectivity index (χ1n) is 11.9. The summed E-state index contributed by atoms with van der Waals surface area (Å²) in [7, 11) is 1.76. The average Bonchev–Trinajstić information content (AvgIpc) is 2.83. The minimum Gasteiger partial charge on any atom is -0.490 e. The molecule has 1 fully saturated rings. The molecule has 0 radical (unpaired) electrons. The van der Waals surface area contributed by atoms with Crippen LogP contribution in [0.5, 0.6) is 5.75 Å². The summed E-state index contributed by atoms with van der Waals surface area (Å²) in [5, 5.41) is 8.36. The van der Waals surface area contributed by atoms with Gasteiger partial charge in [-0.15, -0.1) is 0 Å². The molecule has 0 spiro atoms. The smallest absolute Gasteiger partial charge is 0.323 e. The standard InChI is InChI=1S/C26H32N4O5/c1-4-27-24(31)14-19-10-11-21-23(35-19)15-34-22-12-9-18(13-20(22)25(32)30(21)3)29-26(33)28-17-7-5-16(2)6-8-17/h5-9,12-13,19,21,23H,4,10-11,14-15H2,1-3H3,(H,27,31)(H2,28,29,33)/t19-,21-,23-/m1/s1. The molecule has 0 aliphatic carbocycles. The van der Waals surface area contributed by atoms with E-state index in [2.05, 4.69) is 16.0 Å². The van der Waals surface area contributed by atoms with Crippen LogP contribution in [-0.2, 0) is 9.53 Å². The first kappa shape index (κ1) is 24.5. The zero-order valence-corrected chi connectivity index (χ0v) is 20.3. The van der Waals surface area contributed by atoms with Crippen molar-refractivity contribution < 1.29 is 23.9 Å². The second-order valence-electron chi connectivity index (χ2n) is 8.98. The van der Waals surface area contributed by atoms with Gasteiger partial charge in [0.2, 0.25) is 5.91 Å². The second-order valence-corrected chi connectivity index (χ2v) is 8.98. The molecular weight excluding hydrogens is 448 g/mol. The number of anilines is 2. The van der Waals surface area contributed by atoms with Gasteiger partial charge in [0.25, 0.3) is 5.91 Å². The number of urea groups is 1. The van der Waals surface area contributed by atoms with E-state index < -0.39 is 6.03 Å². The third-order valence-corrected chi connectivity index (χ3v) is 6.37. The Morgan fingerprint density at radius 2 is 1.77 bits per heavy atom. The molecule has 2 aromatic rings. The fourth-order valence-electron chi connectivity index (χ4n) is 4.51. The van der Waals surface area contributed by atoms with Crippen molar-refractivity contribution in [3.05, 3.63) is 53.6 Å². The maximum atomic E-state index is 13.3. The molecule has 0 aromatic heterocycles. The monoisotopic (exact) mass is 480 g/mol. The van der Waals surface area contributed by atoms with E-state index in [4.69, 9.17) is 9.47 Å². The van der Waals surface area contributed by atoms with Crippen molar-refractivity contribution in [2.75, 3.05) is 30.8 Å². The highest BCUT2D eigenvalue weighted by molar-refractivity contribution is 6.02. The van der Waals surface area contributed by atoms with Gasteiger partial charge in [-0.25, -0.2) is 4.79 Å². The summed E-state index contributed by atoms with van der Waals surface area (Å²) < 4.78 is 12.2. The number of benzene rings is 2. The summed E-state index contributed by atoms with van der Waals surface area (Å²) in [6, 6.07) is 11.9. The van der Waals surface area contributed by atoms with Crippen molar-refractivity contribution in [2.24, 2.45) is 0 Å². The van der Waals surface area contributed by atoms with Gasteiger partial charge in [-0.2, -0.15) is 0 Å². The number of hydrogen-bond donors (Lipinski definition) is 3.